The number of imide groups is 1. The number of piperidine rings is 1. The van der Waals surface area contributed by atoms with Crippen molar-refractivity contribution in [2.24, 2.45) is 5.92 Å². The largest absolute Gasteiger partial charge is 0.341 e. The fourth-order valence-corrected chi connectivity index (χ4v) is 5.52. The number of nitrogens with one attached hydrogen (secondary N) is 2. The molecule has 0 bridgehead atoms. The molecule has 8 nitrogen and oxygen atoms in total. The fraction of sp³-hybridized carbons (Fsp3) is 0.320. The Balaban J connectivity index is 1.14. The summed E-state index contributed by atoms with van der Waals surface area (Å²) in [6.45, 7) is 4.85. The second kappa shape index (κ2) is 10.7. The first-order valence-corrected chi connectivity index (χ1v) is 13.4. The van der Waals surface area contributed by atoms with Crippen LogP contribution in [0.1, 0.15) is 37.2 Å². The quantitative estimate of drug-likeness (QED) is 0.452. The molecule has 0 spiro atoms. The van der Waals surface area contributed by atoms with E-state index in [1.165, 1.54) is 0 Å². The number of carbonyl (C=O) groups is 2. The molecular formula is C25H26N6O2S2. The molecule has 0 aliphatic carbocycles. The van der Waals surface area contributed by atoms with Gasteiger partial charge in [-0.25, -0.2) is 9.97 Å². The van der Waals surface area contributed by atoms with Crippen molar-refractivity contribution in [3.63, 3.8) is 0 Å². The number of pyridine rings is 1. The van der Waals surface area contributed by atoms with Crippen LogP contribution in [-0.2, 0) is 4.79 Å². The van der Waals surface area contributed by atoms with E-state index < -0.39 is 0 Å². The van der Waals surface area contributed by atoms with Gasteiger partial charge in [0.25, 0.3) is 11.1 Å². The Morgan fingerprint density at radius 2 is 2.06 bits per heavy atom. The van der Waals surface area contributed by atoms with Crippen LogP contribution in [0.15, 0.2) is 52.2 Å². The van der Waals surface area contributed by atoms with Gasteiger partial charge in [-0.05, 0) is 79.7 Å². The van der Waals surface area contributed by atoms with Crippen LogP contribution < -0.4 is 15.5 Å². The van der Waals surface area contributed by atoms with Crippen LogP contribution in [-0.4, -0.2) is 45.7 Å². The maximum absolute atomic E-state index is 11.8. The first-order chi connectivity index (χ1) is 17.0. The van der Waals surface area contributed by atoms with Crippen LogP contribution >= 0.6 is 23.1 Å². The third-order valence-electron chi connectivity index (χ3n) is 6.23. The molecule has 10 heteroatoms. The average molecular weight is 507 g/mol. The fourth-order valence-electron chi connectivity index (χ4n) is 4.20. The zero-order valence-electron chi connectivity index (χ0n) is 19.3. The Morgan fingerprint density at radius 3 is 2.80 bits per heavy atom. The van der Waals surface area contributed by atoms with Crippen LogP contribution in [0.5, 0.6) is 0 Å². The van der Waals surface area contributed by atoms with Crippen molar-refractivity contribution in [2.45, 2.75) is 25.8 Å². The number of aromatic nitrogens is 3. The third-order valence-corrected chi connectivity index (χ3v) is 7.72. The van der Waals surface area contributed by atoms with Crippen molar-refractivity contribution in [1.82, 2.24) is 25.6 Å². The number of rotatable bonds is 7. The van der Waals surface area contributed by atoms with E-state index in [0.717, 1.165) is 61.2 Å². The smallest absolute Gasteiger partial charge is 0.290 e. The van der Waals surface area contributed by atoms with Crippen LogP contribution in [0.2, 0.25) is 0 Å². The minimum absolute atomic E-state index is 0.178. The summed E-state index contributed by atoms with van der Waals surface area (Å²) in [5.74, 6) is 0.850. The average Bonchev–Trinajstić information content (AvgIpc) is 3.53. The highest BCUT2D eigenvalue weighted by molar-refractivity contribution is 8.18. The Bertz CT molecular complexity index is 1240. The lowest BCUT2D eigenvalue weighted by Gasteiger charge is -2.32. The highest BCUT2D eigenvalue weighted by Gasteiger charge is 2.26. The molecule has 5 heterocycles. The summed E-state index contributed by atoms with van der Waals surface area (Å²) in [6, 6.07) is 10.2. The van der Waals surface area contributed by atoms with Crippen molar-refractivity contribution < 1.29 is 9.59 Å². The van der Waals surface area contributed by atoms with Crippen molar-refractivity contribution in [1.29, 1.82) is 0 Å². The lowest BCUT2D eigenvalue weighted by Crippen LogP contribution is -2.38. The molecule has 1 atom stereocenters. The topological polar surface area (TPSA) is 100 Å². The highest BCUT2D eigenvalue weighted by Crippen LogP contribution is 2.26. The number of thiophene rings is 1. The molecule has 3 aromatic rings. The van der Waals surface area contributed by atoms with Gasteiger partial charge in [0, 0.05) is 36.3 Å². The predicted molar refractivity (Wildman–Crippen MR) is 140 cm³/mol. The van der Waals surface area contributed by atoms with Gasteiger partial charge in [-0.2, -0.15) is 11.3 Å². The molecule has 0 radical (unpaired) electrons. The minimum atomic E-state index is -0.379. The SMILES string of the molecule is CC(NCC1CCN(c2nccc(C=C3SC(=O)NC3=O)n2)CC1)c1cccc(-c2ccsc2)n1. The number of thioether (sulfide) groups is 1. The van der Waals surface area contributed by atoms with Gasteiger partial charge in [-0.15, -0.1) is 0 Å². The van der Waals surface area contributed by atoms with E-state index in [1.54, 1.807) is 29.7 Å². The van der Waals surface area contributed by atoms with E-state index in [4.69, 9.17) is 4.98 Å². The summed E-state index contributed by atoms with van der Waals surface area (Å²) in [5.41, 5.74) is 3.86. The monoisotopic (exact) mass is 506 g/mol. The summed E-state index contributed by atoms with van der Waals surface area (Å²) >= 11 is 2.58. The molecule has 3 aromatic heterocycles. The standard InChI is InChI=1S/C25H26N6O2S2/c1-16(20-3-2-4-21(29-20)18-8-12-34-15-18)27-14-17-6-10-31(11-7-17)24-26-9-5-19(28-24)13-22-23(32)30-25(33)35-22/h2-5,8-9,12-13,15-17,27H,6-7,10-11,14H2,1H3,(H,30,32,33). The second-order valence-corrected chi connectivity index (χ2v) is 10.4. The predicted octanol–water partition coefficient (Wildman–Crippen LogP) is 4.49. The number of hydrogen-bond donors (Lipinski definition) is 2. The Labute approximate surface area is 212 Å². The Kier molecular flexibility index (Phi) is 7.21. The zero-order chi connectivity index (χ0) is 24.2. The molecule has 1 unspecified atom stereocenters. The van der Waals surface area contributed by atoms with Gasteiger partial charge in [0.1, 0.15) is 0 Å². The lowest BCUT2D eigenvalue weighted by atomic mass is 9.96. The molecular weight excluding hydrogens is 480 g/mol. The first kappa shape index (κ1) is 23.7. The van der Waals surface area contributed by atoms with Crippen LogP contribution in [0.4, 0.5) is 10.7 Å². The number of anilines is 1. The molecule has 0 saturated carbocycles. The molecule has 5 rings (SSSR count). The Morgan fingerprint density at radius 1 is 1.20 bits per heavy atom. The minimum Gasteiger partial charge on any atom is -0.341 e. The molecule has 2 N–H and O–H groups in total. The summed E-state index contributed by atoms with van der Waals surface area (Å²) in [4.78, 5) is 39.6. The number of carbonyl (C=O) groups excluding carboxylic acids is 2. The number of nitrogens with zero attached hydrogens (tertiary/aromatic N) is 4. The third kappa shape index (κ3) is 5.77. The van der Waals surface area contributed by atoms with Crippen molar-refractivity contribution in [3.05, 3.63) is 63.6 Å². The molecule has 2 fully saturated rings. The van der Waals surface area contributed by atoms with Gasteiger partial charge in [-0.1, -0.05) is 6.07 Å². The van der Waals surface area contributed by atoms with Crippen LogP contribution in [0, 0.1) is 5.92 Å². The molecule has 2 amide bonds. The lowest BCUT2D eigenvalue weighted by molar-refractivity contribution is -0.115. The Hall–Kier alpha value is -3.08. The number of hydrogen-bond acceptors (Lipinski definition) is 9. The van der Waals surface area contributed by atoms with E-state index in [9.17, 15) is 9.59 Å². The van der Waals surface area contributed by atoms with Crippen molar-refractivity contribution >= 4 is 46.3 Å². The maximum Gasteiger partial charge on any atom is 0.290 e. The summed E-state index contributed by atoms with van der Waals surface area (Å²) in [6.07, 6.45) is 5.42. The van der Waals surface area contributed by atoms with Gasteiger partial charge in [-0.3, -0.25) is 19.9 Å². The number of amides is 2. The van der Waals surface area contributed by atoms with Gasteiger partial charge < -0.3 is 10.2 Å². The van der Waals surface area contributed by atoms with E-state index in [-0.39, 0.29) is 17.2 Å². The molecule has 2 aliphatic rings. The van der Waals surface area contributed by atoms with Gasteiger partial charge in [0.05, 0.1) is 22.0 Å². The molecule has 0 aromatic carbocycles. The van der Waals surface area contributed by atoms with Crippen molar-refractivity contribution in [2.75, 3.05) is 24.5 Å². The summed E-state index contributed by atoms with van der Waals surface area (Å²) < 4.78 is 0. The van der Waals surface area contributed by atoms with E-state index >= 15 is 0 Å². The van der Waals surface area contributed by atoms with E-state index in [2.05, 4.69) is 67.5 Å². The second-order valence-electron chi connectivity index (χ2n) is 8.65. The highest BCUT2D eigenvalue weighted by atomic mass is 32.2. The molecule has 180 valence electrons. The van der Waals surface area contributed by atoms with Gasteiger partial charge in [0.2, 0.25) is 5.95 Å². The van der Waals surface area contributed by atoms with E-state index in [1.807, 2.05) is 0 Å². The maximum atomic E-state index is 11.8. The van der Waals surface area contributed by atoms with Crippen LogP contribution in [0.25, 0.3) is 17.3 Å². The van der Waals surface area contributed by atoms with Gasteiger partial charge in [0.15, 0.2) is 0 Å². The van der Waals surface area contributed by atoms with Crippen LogP contribution in [0.3, 0.4) is 0 Å². The molecule has 2 aliphatic heterocycles. The van der Waals surface area contributed by atoms with Crippen molar-refractivity contribution in [3.8, 4) is 11.3 Å². The van der Waals surface area contributed by atoms with E-state index in [0.29, 0.717) is 22.5 Å². The van der Waals surface area contributed by atoms with Gasteiger partial charge >= 0.3 is 0 Å². The normalized spacial score (nSPS) is 18.8. The summed E-state index contributed by atoms with van der Waals surface area (Å²) in [5, 5.41) is 9.77. The zero-order valence-corrected chi connectivity index (χ0v) is 20.9. The summed E-state index contributed by atoms with van der Waals surface area (Å²) in [7, 11) is 0. The molecule has 35 heavy (non-hydrogen) atoms. The molecule has 2 saturated heterocycles. The first-order valence-electron chi connectivity index (χ1n) is 11.6.